The van der Waals surface area contributed by atoms with Gasteiger partial charge in [0.25, 0.3) is 0 Å². The average Bonchev–Trinajstić information content (AvgIpc) is 3.47. The van der Waals surface area contributed by atoms with Gasteiger partial charge in [-0.2, -0.15) is 0 Å². The zero-order chi connectivity index (χ0) is 40.3. The molecule has 2 aliphatic heterocycles. The van der Waals surface area contributed by atoms with Crippen LogP contribution in [0.4, 0.5) is 0 Å². The molecule has 16 heteroatoms. The zero-order valence-corrected chi connectivity index (χ0v) is 34.4. The largest absolute Gasteiger partial charge is 0.468 e. The lowest BCUT2D eigenvalue weighted by atomic mass is 9.18. The summed E-state index contributed by atoms with van der Waals surface area (Å²) in [5.41, 5.74) is -6.69. The lowest BCUT2D eigenvalue weighted by molar-refractivity contribution is -0.340. The minimum Gasteiger partial charge on any atom is -0.468 e. The molecule has 0 bridgehead atoms. The molecule has 6 atom stereocenters. The van der Waals surface area contributed by atoms with Gasteiger partial charge < -0.3 is 37.0 Å². The summed E-state index contributed by atoms with van der Waals surface area (Å²) in [6.07, 6.45) is -0.704. The van der Waals surface area contributed by atoms with E-state index in [9.17, 15) is 19.2 Å². The lowest BCUT2D eigenvalue weighted by Gasteiger charge is -2.88. The van der Waals surface area contributed by atoms with Gasteiger partial charge in [0, 0.05) is 33.5 Å². The predicted molar refractivity (Wildman–Crippen MR) is 195 cm³/mol. The van der Waals surface area contributed by atoms with Crippen LogP contribution in [0.15, 0.2) is 48.5 Å². The van der Waals surface area contributed by atoms with Crippen molar-refractivity contribution >= 4 is 39.1 Å². The molecular weight excluding hydrogens is 766 g/mol. The van der Waals surface area contributed by atoms with Crippen molar-refractivity contribution < 1.29 is 65.4 Å². The van der Waals surface area contributed by atoms with Crippen LogP contribution in [0.3, 0.4) is 0 Å². The Morgan fingerprint density at radius 3 is 1.11 bits per heavy atom. The van der Waals surface area contributed by atoms with E-state index < -0.39 is 93.7 Å². The van der Waals surface area contributed by atoms with Crippen LogP contribution in [0.2, 0.25) is 0 Å². The summed E-state index contributed by atoms with van der Waals surface area (Å²) >= 11 is 0. The second-order valence-corrected chi connectivity index (χ2v) is 22.4. The number of carbonyl (C=O) groups excluding carboxylic acids is 4. The zero-order valence-electron chi connectivity index (χ0n) is 32.6. The van der Waals surface area contributed by atoms with E-state index in [1.54, 1.807) is 48.5 Å². The molecule has 0 aromatic heterocycles. The number of carbonyl (C=O) groups is 4. The highest BCUT2D eigenvalue weighted by atomic mass is 31.2. The Balaban J connectivity index is 1.49. The topological polar surface area (TPSA) is 176 Å². The predicted octanol–water partition coefficient (Wildman–Crippen LogP) is 5.96. The first-order valence-corrected chi connectivity index (χ1v) is 21.8. The molecule has 2 aromatic rings. The summed E-state index contributed by atoms with van der Waals surface area (Å²) in [6, 6.07) is 13.9. The summed E-state index contributed by atoms with van der Waals surface area (Å²) in [5, 5.41) is -3.98. The second kappa shape index (κ2) is 11.2. The smallest absolute Gasteiger partial charge is 0.343 e. The van der Waals surface area contributed by atoms with Crippen LogP contribution in [0.25, 0.3) is 0 Å². The molecule has 0 N–H and O–H groups in total. The fourth-order valence-electron chi connectivity index (χ4n) is 13.1. The first-order chi connectivity index (χ1) is 26.4. The normalized spacial score (nSPS) is 37.1. The SMILES string of the molecule is COC(=O)C1(C(=O)OC)C[C@]23C1c1ccccc1[C@@]2(P1(=O)OCC(C)(C)CO1)[C@]1(P2(=O)OCC(C)(C)CO2)c2ccccc2C2C(C(=O)OC)(C(=O)OC)C[C@@]231. The van der Waals surface area contributed by atoms with Gasteiger partial charge in [-0.1, -0.05) is 76.2 Å². The van der Waals surface area contributed by atoms with Crippen molar-refractivity contribution in [2.24, 2.45) is 32.5 Å². The van der Waals surface area contributed by atoms with Crippen LogP contribution in [0, 0.1) is 32.5 Å². The third-order valence-corrected chi connectivity index (χ3v) is 20.2. The van der Waals surface area contributed by atoms with Crippen LogP contribution in [0.5, 0.6) is 0 Å². The van der Waals surface area contributed by atoms with Crippen molar-refractivity contribution in [2.75, 3.05) is 54.9 Å². The molecule has 56 heavy (non-hydrogen) atoms. The molecule has 7 aliphatic rings. The highest BCUT2D eigenvalue weighted by Gasteiger charge is 3.12. The third-order valence-electron chi connectivity index (χ3n) is 14.5. The highest BCUT2D eigenvalue weighted by Crippen LogP contribution is 3.13. The van der Waals surface area contributed by atoms with Gasteiger partial charge in [0.2, 0.25) is 0 Å². The van der Waals surface area contributed by atoms with Crippen molar-refractivity contribution in [3.63, 3.8) is 0 Å². The molecule has 2 heterocycles. The van der Waals surface area contributed by atoms with Gasteiger partial charge in [-0.25, -0.2) is 0 Å². The van der Waals surface area contributed by atoms with Gasteiger partial charge >= 0.3 is 39.1 Å². The average molecular weight is 813 g/mol. The third kappa shape index (κ3) is 3.50. The number of fused-ring (bicyclic) bond motifs is 7. The summed E-state index contributed by atoms with van der Waals surface area (Å²) < 4.78 is 81.6. The quantitative estimate of drug-likeness (QED) is 0.144. The molecule has 5 aliphatic carbocycles. The summed E-state index contributed by atoms with van der Waals surface area (Å²) in [7, 11) is -4.66. The van der Waals surface area contributed by atoms with Gasteiger partial charge in [0.05, 0.1) is 54.9 Å². The fraction of sp³-hybridized carbons (Fsp3) is 0.600. The molecule has 5 fully saturated rings. The molecule has 0 radical (unpaired) electrons. The van der Waals surface area contributed by atoms with Crippen LogP contribution >= 0.6 is 15.2 Å². The molecule has 9 rings (SSSR count). The lowest BCUT2D eigenvalue weighted by Crippen LogP contribution is -2.92. The van der Waals surface area contributed by atoms with Crippen molar-refractivity contribution in [1.29, 1.82) is 0 Å². The molecule has 2 spiro atoms. The number of esters is 4. The van der Waals surface area contributed by atoms with Gasteiger partial charge in [-0.3, -0.25) is 28.3 Å². The van der Waals surface area contributed by atoms with E-state index in [4.69, 9.17) is 37.0 Å². The summed E-state index contributed by atoms with van der Waals surface area (Å²) in [5.74, 6) is -5.87. The second-order valence-electron chi connectivity index (χ2n) is 18.1. The highest BCUT2D eigenvalue weighted by molar-refractivity contribution is 7.60. The van der Waals surface area contributed by atoms with Crippen LogP contribution in [0.1, 0.15) is 74.6 Å². The Morgan fingerprint density at radius 1 is 0.536 bits per heavy atom. The van der Waals surface area contributed by atoms with Crippen molar-refractivity contribution in [1.82, 2.24) is 0 Å². The van der Waals surface area contributed by atoms with Crippen molar-refractivity contribution in [3.8, 4) is 0 Å². The van der Waals surface area contributed by atoms with E-state index in [1.165, 1.54) is 28.4 Å². The monoisotopic (exact) mass is 812 g/mol. The standard InChI is InChI=1S/C40H46O14P2/c1-33(2)19-51-55(45,52-20-33)39-25-15-11-9-13-23(25)27-35(29(41)47-5,30(42)48-6)17-37(27,39)38-18-36(31(43)49-7,32(44)50-8)28(38)24-14-10-12-16-26(24)40(38,39)56(46)53-21-34(3,4)22-54-56/h9-16,27-28H,17-22H2,1-8H3/t27?,28?,37-,38-,39+,40+/m1/s1. The number of hydrogen-bond acceptors (Lipinski definition) is 14. The Labute approximate surface area is 324 Å². The number of rotatable bonds is 6. The van der Waals surface area contributed by atoms with Crippen LogP contribution in [-0.4, -0.2) is 78.7 Å². The Bertz CT molecular complexity index is 2030. The van der Waals surface area contributed by atoms with Crippen LogP contribution < -0.4 is 0 Å². The molecular formula is C40H46O14P2. The van der Waals surface area contributed by atoms with E-state index in [2.05, 4.69) is 0 Å². The maximum Gasteiger partial charge on any atom is 0.343 e. The minimum atomic E-state index is -4.68. The maximum absolute atomic E-state index is 16.7. The molecule has 14 nitrogen and oxygen atoms in total. The number of hydrogen-bond donors (Lipinski definition) is 0. The van der Waals surface area contributed by atoms with Gasteiger partial charge in [0.15, 0.2) is 10.8 Å². The van der Waals surface area contributed by atoms with E-state index >= 15 is 9.13 Å². The van der Waals surface area contributed by atoms with Gasteiger partial charge in [-0.05, 0) is 35.1 Å². The van der Waals surface area contributed by atoms with E-state index in [-0.39, 0.29) is 39.3 Å². The van der Waals surface area contributed by atoms with E-state index in [0.717, 1.165) is 0 Å². The molecule has 0 amide bonds. The Hall–Kier alpha value is -3.38. The Kier molecular flexibility index (Phi) is 7.64. The van der Waals surface area contributed by atoms with Gasteiger partial charge in [-0.15, -0.1) is 0 Å². The maximum atomic E-state index is 16.7. The number of methoxy groups -OCH3 is 4. The summed E-state index contributed by atoms with van der Waals surface area (Å²) in [6.45, 7) is 7.54. The summed E-state index contributed by atoms with van der Waals surface area (Å²) in [4.78, 5) is 57.4. The fourth-order valence-corrected chi connectivity index (χ4v) is 21.1. The molecule has 2 aromatic carbocycles. The minimum absolute atomic E-state index is 0.0183. The van der Waals surface area contributed by atoms with Gasteiger partial charge in [0.1, 0.15) is 10.3 Å². The molecule has 300 valence electrons. The molecule has 3 saturated carbocycles. The van der Waals surface area contributed by atoms with E-state index in [1.807, 2.05) is 27.7 Å². The van der Waals surface area contributed by atoms with E-state index in [0.29, 0.717) is 22.3 Å². The van der Waals surface area contributed by atoms with Crippen molar-refractivity contribution in [2.45, 2.75) is 62.7 Å². The number of benzene rings is 2. The van der Waals surface area contributed by atoms with Crippen molar-refractivity contribution in [3.05, 3.63) is 70.8 Å². The Morgan fingerprint density at radius 2 is 0.821 bits per heavy atom. The molecule has 2 saturated heterocycles. The number of ether oxygens (including phenoxy) is 4. The first-order valence-electron chi connectivity index (χ1n) is 18.7. The van der Waals surface area contributed by atoms with Crippen LogP contribution in [-0.2, 0) is 75.7 Å². The molecule has 2 unspecified atom stereocenters. The first kappa shape index (κ1) is 38.2.